The molecule has 0 saturated heterocycles. The van der Waals surface area contributed by atoms with Crippen molar-refractivity contribution in [2.24, 2.45) is 11.3 Å². The molecule has 0 aromatic heterocycles. The Labute approximate surface area is 294 Å². The number of hydrogen-bond acceptors (Lipinski definition) is 7. The van der Waals surface area contributed by atoms with E-state index in [1.54, 1.807) is 33.8 Å². The molecule has 0 aliphatic heterocycles. The van der Waals surface area contributed by atoms with E-state index in [-0.39, 0.29) is 24.8 Å². The molecule has 0 spiro atoms. The summed E-state index contributed by atoms with van der Waals surface area (Å²) in [6, 6.07) is -3.73. The maximum Gasteiger partial charge on any atom is 0.315 e. The Kier molecular flexibility index (Phi) is 15.3. The van der Waals surface area contributed by atoms with Crippen molar-refractivity contribution in [1.29, 1.82) is 0 Å². The lowest BCUT2D eigenvalue weighted by Crippen LogP contribution is -2.64. The Bertz CT molecular complexity index is 1290. The summed E-state index contributed by atoms with van der Waals surface area (Å²) < 4.78 is 25.6. The van der Waals surface area contributed by atoms with Gasteiger partial charge in [0.1, 0.15) is 12.1 Å². The van der Waals surface area contributed by atoms with E-state index in [2.05, 4.69) is 27.8 Å². The van der Waals surface area contributed by atoms with Crippen molar-refractivity contribution in [3.8, 4) is 0 Å². The first kappa shape index (κ1) is 42.2. The van der Waals surface area contributed by atoms with Gasteiger partial charge in [0, 0.05) is 13.1 Å². The SMILES string of the molecule is C=CCCNC(=O)C(=O)C(CC1CCC1)NC(=O)[C@H](C)N(CCC)C(=O)[C@@H](NC(=O)NC1(CS(=O)(=O)C(C)(C)C)CCCCC1)C(C)(C)C. The van der Waals surface area contributed by atoms with Gasteiger partial charge in [-0.1, -0.05) is 72.3 Å². The average Bonchev–Trinajstić information content (AvgIpc) is 2.97. The highest BCUT2D eigenvalue weighted by Crippen LogP contribution is 2.33. The number of carbonyl (C=O) groups excluding carboxylic acids is 5. The molecule has 2 aliphatic rings. The zero-order valence-corrected chi connectivity index (χ0v) is 32.0. The number of carbonyl (C=O) groups is 5. The number of nitrogens with one attached hydrogen (secondary N) is 4. The van der Waals surface area contributed by atoms with Crippen LogP contribution < -0.4 is 21.3 Å². The van der Waals surface area contributed by atoms with Crippen molar-refractivity contribution < 1.29 is 32.4 Å². The zero-order valence-electron chi connectivity index (χ0n) is 31.2. The van der Waals surface area contributed by atoms with Gasteiger partial charge in [-0.05, 0) is 71.1 Å². The monoisotopic (exact) mass is 709 g/mol. The van der Waals surface area contributed by atoms with E-state index in [0.717, 1.165) is 38.5 Å². The second-order valence-corrected chi connectivity index (χ2v) is 18.9. The number of ketones is 1. The first-order valence-corrected chi connectivity index (χ1v) is 19.7. The lowest BCUT2D eigenvalue weighted by molar-refractivity contribution is -0.145. The van der Waals surface area contributed by atoms with Crippen LogP contribution in [0, 0.1) is 11.3 Å². The summed E-state index contributed by atoms with van der Waals surface area (Å²) in [5, 5.41) is 11.2. The number of sulfone groups is 1. The van der Waals surface area contributed by atoms with Crippen LogP contribution in [0.1, 0.15) is 126 Å². The molecule has 280 valence electrons. The van der Waals surface area contributed by atoms with E-state index in [1.165, 1.54) is 4.90 Å². The lowest BCUT2D eigenvalue weighted by Gasteiger charge is -2.41. The molecule has 2 fully saturated rings. The fraction of sp³-hybridized carbons (Fsp3) is 0.806. The molecule has 0 heterocycles. The van der Waals surface area contributed by atoms with Crippen LogP contribution in [0.5, 0.6) is 0 Å². The van der Waals surface area contributed by atoms with Crippen molar-refractivity contribution in [1.82, 2.24) is 26.2 Å². The molecule has 2 saturated carbocycles. The van der Waals surface area contributed by atoms with Crippen molar-refractivity contribution in [3.05, 3.63) is 12.7 Å². The number of urea groups is 1. The summed E-state index contributed by atoms with van der Waals surface area (Å²) in [7, 11) is -3.56. The van der Waals surface area contributed by atoms with E-state index in [0.29, 0.717) is 32.1 Å². The standard InChI is InChI=1S/C36H63N5O7S/c1-10-12-21-37-31(44)28(42)27(23-26-17-16-18-26)38-30(43)25(3)41(22-11-2)32(45)29(34(4,5)6)39-33(46)40-36(19-14-13-15-20-36)24-49(47,48)35(7,8)9/h10,25-27,29H,1,11-24H2,2-9H3,(H,37,44)(H,38,43)(H2,39,40,46)/t25-,27?,29+/m0/s1. The molecule has 1 unspecified atom stereocenters. The summed E-state index contributed by atoms with van der Waals surface area (Å²) in [6.45, 7) is 17.9. The first-order chi connectivity index (χ1) is 22.7. The topological polar surface area (TPSA) is 171 Å². The summed E-state index contributed by atoms with van der Waals surface area (Å²) in [4.78, 5) is 68.9. The molecule has 5 amide bonds. The van der Waals surface area contributed by atoms with Crippen LogP contribution in [0.25, 0.3) is 0 Å². The fourth-order valence-corrected chi connectivity index (χ4v) is 7.85. The van der Waals surface area contributed by atoms with E-state index in [4.69, 9.17) is 0 Å². The minimum Gasteiger partial charge on any atom is -0.349 e. The third-order valence-corrected chi connectivity index (χ3v) is 12.7. The minimum absolute atomic E-state index is 0.197. The molecular weight excluding hydrogens is 646 g/mol. The van der Waals surface area contributed by atoms with Gasteiger partial charge >= 0.3 is 6.03 Å². The summed E-state index contributed by atoms with van der Waals surface area (Å²) >= 11 is 0. The smallest absolute Gasteiger partial charge is 0.315 e. The van der Waals surface area contributed by atoms with Crippen LogP contribution in [0.3, 0.4) is 0 Å². The van der Waals surface area contributed by atoms with Crippen LogP contribution in [0.15, 0.2) is 12.7 Å². The number of nitrogens with zero attached hydrogens (tertiary/aromatic N) is 1. The first-order valence-electron chi connectivity index (χ1n) is 18.0. The van der Waals surface area contributed by atoms with Gasteiger partial charge in [0.05, 0.1) is 22.1 Å². The Morgan fingerprint density at radius 1 is 0.959 bits per heavy atom. The number of hydrogen-bond donors (Lipinski definition) is 4. The summed E-state index contributed by atoms with van der Waals surface area (Å²) in [5.41, 5.74) is -1.74. The number of amides is 5. The summed E-state index contributed by atoms with van der Waals surface area (Å²) in [5.74, 6) is -2.51. The predicted molar refractivity (Wildman–Crippen MR) is 192 cm³/mol. The van der Waals surface area contributed by atoms with Crippen molar-refractivity contribution in [3.63, 3.8) is 0 Å². The fourth-order valence-electron chi connectivity index (χ4n) is 6.33. The number of Topliss-reactive ketones (excluding diaryl/α,β-unsaturated/α-hetero) is 1. The highest BCUT2D eigenvalue weighted by atomic mass is 32.2. The quantitative estimate of drug-likeness (QED) is 0.0997. The predicted octanol–water partition coefficient (Wildman–Crippen LogP) is 4.18. The second kappa shape index (κ2) is 17.8. The maximum absolute atomic E-state index is 14.3. The highest BCUT2D eigenvalue weighted by molar-refractivity contribution is 7.92. The van der Waals surface area contributed by atoms with Crippen molar-refractivity contribution >= 4 is 39.4 Å². The largest absolute Gasteiger partial charge is 0.349 e. The van der Waals surface area contributed by atoms with E-state index in [9.17, 15) is 32.4 Å². The second-order valence-electron chi connectivity index (χ2n) is 16.1. The molecule has 3 atom stereocenters. The van der Waals surface area contributed by atoms with Gasteiger partial charge in [-0.2, -0.15) is 0 Å². The molecule has 0 aromatic carbocycles. The molecule has 4 N–H and O–H groups in total. The van der Waals surface area contributed by atoms with Gasteiger partial charge in [0.25, 0.3) is 5.91 Å². The Morgan fingerprint density at radius 3 is 2.06 bits per heavy atom. The minimum atomic E-state index is -3.56. The van der Waals surface area contributed by atoms with Crippen LogP contribution in [0.4, 0.5) is 4.79 Å². The molecule has 2 rings (SSSR count). The average molecular weight is 710 g/mol. The van der Waals surface area contributed by atoms with Crippen LogP contribution in [-0.4, -0.2) is 90.1 Å². The Hall–Kier alpha value is -2.96. The van der Waals surface area contributed by atoms with E-state index in [1.807, 2.05) is 27.7 Å². The Morgan fingerprint density at radius 2 is 1.57 bits per heavy atom. The van der Waals surface area contributed by atoms with Crippen molar-refractivity contribution in [2.75, 3.05) is 18.8 Å². The molecule has 0 bridgehead atoms. The van der Waals surface area contributed by atoms with Gasteiger partial charge < -0.3 is 26.2 Å². The van der Waals surface area contributed by atoms with Crippen molar-refractivity contribution in [2.45, 2.75) is 154 Å². The molecule has 2 aliphatic carbocycles. The van der Waals surface area contributed by atoms with Crippen LogP contribution in [-0.2, 0) is 29.0 Å². The van der Waals surface area contributed by atoms with Gasteiger partial charge in [0.2, 0.25) is 17.6 Å². The highest BCUT2D eigenvalue weighted by Gasteiger charge is 2.44. The maximum atomic E-state index is 14.3. The Balaban J connectivity index is 2.28. The zero-order chi connectivity index (χ0) is 37.2. The van der Waals surface area contributed by atoms with Gasteiger partial charge in [-0.25, -0.2) is 13.2 Å². The summed E-state index contributed by atoms with van der Waals surface area (Å²) in [6.07, 6.45) is 9.38. The van der Waals surface area contributed by atoms with Crippen LogP contribution in [0.2, 0.25) is 0 Å². The lowest BCUT2D eigenvalue weighted by atomic mass is 9.80. The molecule has 12 nitrogen and oxygen atoms in total. The van der Waals surface area contributed by atoms with Gasteiger partial charge in [0.15, 0.2) is 9.84 Å². The van der Waals surface area contributed by atoms with Crippen LogP contribution >= 0.6 is 0 Å². The third kappa shape index (κ3) is 12.1. The van der Waals surface area contributed by atoms with E-state index >= 15 is 0 Å². The van der Waals surface area contributed by atoms with Gasteiger partial charge in [-0.15, -0.1) is 6.58 Å². The third-order valence-electron chi connectivity index (χ3n) is 9.86. The molecule has 13 heteroatoms. The van der Waals surface area contributed by atoms with Gasteiger partial charge in [-0.3, -0.25) is 19.2 Å². The normalized spacial score (nSPS) is 18.5. The molecule has 0 aromatic rings. The number of rotatable bonds is 17. The molecular formula is C36H63N5O7S. The molecule has 49 heavy (non-hydrogen) atoms. The molecule has 0 radical (unpaired) electrons. The van der Waals surface area contributed by atoms with E-state index < -0.39 is 73.2 Å².